The number of carbonyl (C=O) groups is 1. The molecule has 2 rings (SSSR count). The molecule has 0 unspecified atom stereocenters. The molecule has 1 aromatic carbocycles. The number of hydrogen-bond donors (Lipinski definition) is 1. The van der Waals surface area contributed by atoms with Crippen molar-refractivity contribution in [3.8, 4) is 5.75 Å². The lowest BCUT2D eigenvalue weighted by molar-refractivity contribution is -0.00659. The first-order valence-corrected chi connectivity index (χ1v) is 7.73. The molecule has 0 aromatic heterocycles. The van der Waals surface area contributed by atoms with Gasteiger partial charge in [-0.05, 0) is 45.1 Å². The van der Waals surface area contributed by atoms with Crippen LogP contribution < -0.4 is 10.1 Å². The van der Waals surface area contributed by atoms with E-state index in [1.807, 2.05) is 14.1 Å². The summed E-state index contributed by atoms with van der Waals surface area (Å²) in [5.74, 6) is 0.331. The van der Waals surface area contributed by atoms with Gasteiger partial charge in [-0.1, -0.05) is 11.6 Å². The van der Waals surface area contributed by atoms with Crippen LogP contribution in [0.25, 0.3) is 0 Å². The SMILES string of the molecule is COc1cc(Cl)ccc1C(=O)NCC1(N(C)C)CCOCC1. The lowest BCUT2D eigenvalue weighted by atomic mass is 9.88. The fourth-order valence-electron chi connectivity index (χ4n) is 2.73. The Morgan fingerprint density at radius 1 is 1.41 bits per heavy atom. The van der Waals surface area contributed by atoms with Crippen molar-refractivity contribution in [1.82, 2.24) is 10.2 Å². The standard InChI is InChI=1S/C16H23ClN2O3/c1-19(2)16(6-8-22-9-7-16)11-18-15(20)13-5-4-12(17)10-14(13)21-3/h4-5,10H,6-9,11H2,1-3H3,(H,18,20). The van der Waals surface area contributed by atoms with E-state index >= 15 is 0 Å². The van der Waals surface area contributed by atoms with Crippen LogP contribution in [0.4, 0.5) is 0 Å². The summed E-state index contributed by atoms with van der Waals surface area (Å²) in [5.41, 5.74) is 0.431. The summed E-state index contributed by atoms with van der Waals surface area (Å²) in [5, 5.41) is 3.57. The minimum absolute atomic E-state index is 0.0619. The van der Waals surface area contributed by atoms with E-state index in [-0.39, 0.29) is 11.4 Å². The normalized spacial score (nSPS) is 17.3. The number of rotatable bonds is 5. The first-order chi connectivity index (χ1) is 10.5. The highest BCUT2D eigenvalue weighted by atomic mass is 35.5. The predicted octanol–water partition coefficient (Wildman–Crippen LogP) is 2.19. The van der Waals surface area contributed by atoms with Gasteiger partial charge in [-0.3, -0.25) is 4.79 Å². The summed E-state index contributed by atoms with van der Waals surface area (Å²) in [6.45, 7) is 2.02. The number of amides is 1. The Balaban J connectivity index is 2.08. The van der Waals surface area contributed by atoms with Gasteiger partial charge in [0.2, 0.25) is 0 Å². The average Bonchev–Trinajstić information content (AvgIpc) is 2.53. The number of methoxy groups -OCH3 is 1. The zero-order valence-corrected chi connectivity index (χ0v) is 14.1. The van der Waals surface area contributed by atoms with E-state index < -0.39 is 0 Å². The molecule has 1 aromatic rings. The zero-order chi connectivity index (χ0) is 16.2. The summed E-state index contributed by atoms with van der Waals surface area (Å²) in [4.78, 5) is 14.6. The van der Waals surface area contributed by atoms with Crippen LogP contribution in [-0.4, -0.2) is 57.3 Å². The Bertz CT molecular complexity index is 528. The number of halogens is 1. The summed E-state index contributed by atoms with van der Waals surface area (Å²) in [6, 6.07) is 5.02. The largest absolute Gasteiger partial charge is 0.496 e. The highest BCUT2D eigenvalue weighted by Crippen LogP contribution is 2.26. The molecule has 1 aliphatic rings. The minimum atomic E-state index is -0.152. The molecule has 5 nitrogen and oxygen atoms in total. The number of benzene rings is 1. The molecule has 1 N–H and O–H groups in total. The molecule has 6 heteroatoms. The second-order valence-corrected chi connectivity index (χ2v) is 6.19. The minimum Gasteiger partial charge on any atom is -0.496 e. The third kappa shape index (κ3) is 3.72. The van der Waals surface area contributed by atoms with Crippen molar-refractivity contribution in [1.29, 1.82) is 0 Å². The number of carbonyl (C=O) groups excluding carboxylic acids is 1. The first kappa shape index (κ1) is 17.1. The highest BCUT2D eigenvalue weighted by molar-refractivity contribution is 6.30. The second-order valence-electron chi connectivity index (χ2n) is 5.76. The van der Waals surface area contributed by atoms with Gasteiger partial charge >= 0.3 is 0 Å². The molecule has 0 radical (unpaired) electrons. The molecule has 122 valence electrons. The molecule has 1 amide bonds. The molecular formula is C16H23ClN2O3. The predicted molar refractivity (Wildman–Crippen MR) is 86.8 cm³/mol. The van der Waals surface area contributed by atoms with E-state index in [1.54, 1.807) is 18.2 Å². The van der Waals surface area contributed by atoms with Crippen molar-refractivity contribution in [2.24, 2.45) is 0 Å². The molecule has 1 aliphatic heterocycles. The van der Waals surface area contributed by atoms with Crippen molar-refractivity contribution in [2.75, 3.05) is 41.0 Å². The third-order valence-corrected chi connectivity index (χ3v) is 4.59. The number of ether oxygens (including phenoxy) is 2. The summed E-state index contributed by atoms with van der Waals surface area (Å²) >= 11 is 5.93. The van der Waals surface area contributed by atoms with Crippen LogP contribution in [0.3, 0.4) is 0 Å². The fourth-order valence-corrected chi connectivity index (χ4v) is 2.89. The van der Waals surface area contributed by atoms with E-state index in [2.05, 4.69) is 10.2 Å². The maximum absolute atomic E-state index is 12.5. The molecule has 22 heavy (non-hydrogen) atoms. The maximum atomic E-state index is 12.5. The lowest BCUT2D eigenvalue weighted by Gasteiger charge is -2.42. The van der Waals surface area contributed by atoms with Crippen LogP contribution in [-0.2, 0) is 4.74 Å². The summed E-state index contributed by atoms with van der Waals surface area (Å²) < 4.78 is 10.7. The van der Waals surface area contributed by atoms with Gasteiger partial charge in [0.15, 0.2) is 0 Å². The van der Waals surface area contributed by atoms with E-state index in [9.17, 15) is 4.79 Å². The van der Waals surface area contributed by atoms with Crippen molar-refractivity contribution in [3.63, 3.8) is 0 Å². The molecule has 0 saturated carbocycles. The fraction of sp³-hybridized carbons (Fsp3) is 0.562. The third-order valence-electron chi connectivity index (χ3n) is 4.36. The van der Waals surface area contributed by atoms with E-state index in [0.717, 1.165) is 26.1 Å². The zero-order valence-electron chi connectivity index (χ0n) is 13.3. The van der Waals surface area contributed by atoms with Crippen molar-refractivity contribution in [2.45, 2.75) is 18.4 Å². The molecule has 0 aliphatic carbocycles. The summed E-state index contributed by atoms with van der Waals surface area (Å²) in [7, 11) is 5.61. The van der Waals surface area contributed by atoms with E-state index in [1.165, 1.54) is 7.11 Å². The Morgan fingerprint density at radius 2 is 2.09 bits per heavy atom. The first-order valence-electron chi connectivity index (χ1n) is 7.35. The Kier molecular flexibility index (Phi) is 5.67. The molecule has 1 fully saturated rings. The summed E-state index contributed by atoms with van der Waals surface area (Å²) in [6.07, 6.45) is 1.80. The van der Waals surface area contributed by atoms with Gasteiger partial charge in [0.1, 0.15) is 5.75 Å². The van der Waals surface area contributed by atoms with Gasteiger partial charge < -0.3 is 19.7 Å². The molecule has 0 bridgehead atoms. The van der Waals surface area contributed by atoms with Crippen LogP contribution in [0.1, 0.15) is 23.2 Å². The van der Waals surface area contributed by atoms with Gasteiger partial charge in [-0.15, -0.1) is 0 Å². The average molecular weight is 327 g/mol. The van der Waals surface area contributed by atoms with Gasteiger partial charge in [0.25, 0.3) is 5.91 Å². The number of nitrogens with zero attached hydrogens (tertiary/aromatic N) is 1. The quantitative estimate of drug-likeness (QED) is 0.901. The van der Waals surface area contributed by atoms with Gasteiger partial charge in [-0.2, -0.15) is 0 Å². The molecule has 1 saturated heterocycles. The van der Waals surface area contributed by atoms with Crippen LogP contribution >= 0.6 is 11.6 Å². The van der Waals surface area contributed by atoms with Crippen LogP contribution in [0, 0.1) is 0 Å². The monoisotopic (exact) mass is 326 g/mol. The van der Waals surface area contributed by atoms with E-state index in [0.29, 0.717) is 22.9 Å². The maximum Gasteiger partial charge on any atom is 0.255 e. The Morgan fingerprint density at radius 3 is 2.68 bits per heavy atom. The Hall–Kier alpha value is -1.30. The van der Waals surface area contributed by atoms with Crippen LogP contribution in [0.2, 0.25) is 5.02 Å². The van der Waals surface area contributed by atoms with Crippen LogP contribution in [0.5, 0.6) is 5.75 Å². The van der Waals surface area contributed by atoms with Crippen LogP contribution in [0.15, 0.2) is 18.2 Å². The van der Waals surface area contributed by atoms with Crippen molar-refractivity contribution in [3.05, 3.63) is 28.8 Å². The second kappa shape index (κ2) is 7.31. The van der Waals surface area contributed by atoms with Gasteiger partial charge in [0.05, 0.1) is 12.7 Å². The number of nitrogens with one attached hydrogen (secondary N) is 1. The van der Waals surface area contributed by atoms with Gasteiger partial charge in [0, 0.05) is 30.3 Å². The van der Waals surface area contributed by atoms with E-state index in [4.69, 9.17) is 21.1 Å². The van der Waals surface area contributed by atoms with Gasteiger partial charge in [-0.25, -0.2) is 0 Å². The van der Waals surface area contributed by atoms with Crippen molar-refractivity contribution < 1.29 is 14.3 Å². The molecular weight excluding hydrogens is 304 g/mol. The lowest BCUT2D eigenvalue weighted by Crippen LogP contribution is -2.55. The Labute approximate surface area is 136 Å². The number of hydrogen-bond acceptors (Lipinski definition) is 4. The molecule has 1 heterocycles. The topological polar surface area (TPSA) is 50.8 Å². The highest BCUT2D eigenvalue weighted by Gasteiger charge is 2.35. The van der Waals surface area contributed by atoms with Crippen molar-refractivity contribution >= 4 is 17.5 Å². The molecule has 0 atom stereocenters. The molecule has 0 spiro atoms. The smallest absolute Gasteiger partial charge is 0.255 e. The number of likely N-dealkylation sites (N-methyl/N-ethyl adjacent to an activating group) is 1.